The molecule has 0 saturated carbocycles. The zero-order valence-electron chi connectivity index (χ0n) is 25.8. The molecule has 1 aromatic heterocycles. The van der Waals surface area contributed by atoms with E-state index in [4.69, 9.17) is 24.8 Å². The van der Waals surface area contributed by atoms with Crippen LogP contribution in [0.4, 0.5) is 19.8 Å². The molecular weight excluding hydrogens is 565 g/mol. The maximum atomic E-state index is 15.5. The molecule has 1 aromatic carbocycles. The fourth-order valence-corrected chi connectivity index (χ4v) is 3.68. The lowest BCUT2D eigenvalue weighted by Crippen LogP contribution is -2.43. The molecule has 0 aliphatic rings. The third-order valence-electron chi connectivity index (χ3n) is 5.49. The summed E-state index contributed by atoms with van der Waals surface area (Å²) in [7, 11) is 1.69. The van der Waals surface area contributed by atoms with Crippen molar-refractivity contribution in [1.82, 2.24) is 10.00 Å². The molecule has 0 saturated heterocycles. The van der Waals surface area contributed by atoms with Gasteiger partial charge < -0.3 is 24.3 Å². The average molecular weight is 609 g/mol. The van der Waals surface area contributed by atoms with Crippen LogP contribution in [0.3, 0.4) is 0 Å². The van der Waals surface area contributed by atoms with Crippen LogP contribution in [0.2, 0.25) is 0 Å². The Morgan fingerprint density at radius 2 is 1.77 bits per heavy atom. The molecule has 0 spiro atoms. The summed E-state index contributed by atoms with van der Waals surface area (Å²) in [5.41, 5.74) is -0.854. The van der Waals surface area contributed by atoms with Gasteiger partial charge in [-0.05, 0) is 53.7 Å². The van der Waals surface area contributed by atoms with Crippen molar-refractivity contribution in [3.05, 3.63) is 42.9 Å². The molecule has 2 amide bonds. The van der Waals surface area contributed by atoms with Gasteiger partial charge in [0.25, 0.3) is 0 Å². The lowest BCUT2D eigenvalue weighted by molar-refractivity contribution is -0.772. The summed E-state index contributed by atoms with van der Waals surface area (Å²) in [5.74, 6) is 4.24. The van der Waals surface area contributed by atoms with Gasteiger partial charge in [-0.25, -0.2) is 24.7 Å². The Hall–Kier alpha value is -4.17. The molecule has 0 aliphatic carbocycles. The molecule has 238 valence electrons. The summed E-state index contributed by atoms with van der Waals surface area (Å²) in [6.45, 7) is 14.3. The van der Waals surface area contributed by atoms with Crippen molar-refractivity contribution in [3.8, 4) is 16.9 Å². The number of hydrogen-bond acceptors (Lipinski definition) is 9. The van der Waals surface area contributed by atoms with E-state index in [2.05, 4.69) is 22.1 Å². The zero-order valence-corrected chi connectivity index (χ0v) is 25.8. The highest BCUT2D eigenvalue weighted by molar-refractivity contribution is 5.89. The average Bonchev–Trinajstić information content (AvgIpc) is 3.18. The number of nitrogens with zero attached hydrogens (tertiary/aromatic N) is 2. The maximum Gasteiger partial charge on any atom is 0.413 e. The number of aromatic nitrogens is 2. The van der Waals surface area contributed by atoms with E-state index in [9.17, 15) is 14.4 Å². The first kappa shape index (κ1) is 35.0. The Balaban J connectivity index is 2.24. The van der Waals surface area contributed by atoms with E-state index in [0.717, 1.165) is 6.07 Å². The maximum absolute atomic E-state index is 15.5. The van der Waals surface area contributed by atoms with E-state index in [1.165, 1.54) is 18.2 Å². The van der Waals surface area contributed by atoms with Crippen LogP contribution in [-0.2, 0) is 37.4 Å². The van der Waals surface area contributed by atoms with Crippen LogP contribution in [0.1, 0.15) is 48.0 Å². The van der Waals surface area contributed by atoms with Gasteiger partial charge in [-0.1, -0.05) is 12.7 Å². The predicted molar refractivity (Wildman–Crippen MR) is 155 cm³/mol. The Labute approximate surface area is 251 Å². The molecule has 2 aromatic rings. The highest BCUT2D eigenvalue weighted by atomic mass is 19.1. The highest BCUT2D eigenvalue weighted by Crippen LogP contribution is 2.31. The second-order valence-corrected chi connectivity index (χ2v) is 11.5. The van der Waals surface area contributed by atoms with Crippen LogP contribution < -0.4 is 25.9 Å². The molecular formula is C29H43FN5O8+. The van der Waals surface area contributed by atoms with Gasteiger partial charge in [0, 0.05) is 24.6 Å². The van der Waals surface area contributed by atoms with Crippen LogP contribution in [0.5, 0.6) is 5.75 Å². The number of nitrogens with two attached hydrogens (primary N) is 1. The van der Waals surface area contributed by atoms with Crippen molar-refractivity contribution < 1.29 is 47.2 Å². The normalized spacial score (nSPS) is 12.2. The molecule has 0 unspecified atom stereocenters. The lowest BCUT2D eigenvalue weighted by atomic mass is 10.1. The standard InChI is InChI=1S/C29H42FN5O8/c1-9-15-39-27(38)33-24-21(17-35(34(24)8)14-10-13-32-26(37)42-29(5,6)7)20-12-11-19(16-22(20)30)40-18-23(43-31)25(36)41-28(2,3)4/h9,11-12,16-17,23H,1,10,13-15,18,31H2,2-8H3,(H,32,37)/p+1/t23-/m0/s1. The number of alkyl carbamates (subject to hydrolysis) is 1. The first-order chi connectivity index (χ1) is 20.0. The molecule has 1 atom stereocenters. The number of rotatable bonds is 13. The largest absolute Gasteiger partial charge is 0.490 e. The smallest absolute Gasteiger partial charge is 0.413 e. The number of nitrogens with one attached hydrogen (secondary N) is 2. The quantitative estimate of drug-likeness (QED) is 0.0770. The summed E-state index contributed by atoms with van der Waals surface area (Å²) < 4.78 is 39.9. The van der Waals surface area contributed by atoms with E-state index < -0.39 is 41.3 Å². The molecule has 43 heavy (non-hydrogen) atoms. The van der Waals surface area contributed by atoms with Gasteiger partial charge >= 0.3 is 18.2 Å². The van der Waals surface area contributed by atoms with Crippen molar-refractivity contribution >= 4 is 24.0 Å². The topological polar surface area (TPSA) is 156 Å². The van der Waals surface area contributed by atoms with Crippen LogP contribution in [0, 0.1) is 5.82 Å². The van der Waals surface area contributed by atoms with Crippen LogP contribution in [0.15, 0.2) is 37.1 Å². The minimum Gasteiger partial charge on any atom is -0.490 e. The molecule has 4 N–H and O–H groups in total. The van der Waals surface area contributed by atoms with Crippen LogP contribution in [-0.4, -0.2) is 59.9 Å². The van der Waals surface area contributed by atoms with Gasteiger partial charge in [0.1, 0.15) is 36.0 Å². The monoisotopic (exact) mass is 608 g/mol. The lowest BCUT2D eigenvalue weighted by Gasteiger charge is -2.23. The summed E-state index contributed by atoms with van der Waals surface area (Å²) in [5, 5.41) is 5.34. The molecule has 0 bridgehead atoms. The second kappa shape index (κ2) is 15.3. The first-order valence-corrected chi connectivity index (χ1v) is 13.7. The fourth-order valence-electron chi connectivity index (χ4n) is 3.68. The SMILES string of the molecule is C=CCOC(=O)Nc1c(-c2ccc(OC[C@H](ON)C(=O)OC(C)(C)C)cc2F)c[n+](CCCNC(=O)OC(C)(C)C)n1C. The third kappa shape index (κ3) is 11.6. The van der Waals surface area contributed by atoms with Gasteiger partial charge in [0.2, 0.25) is 12.3 Å². The van der Waals surface area contributed by atoms with Crippen LogP contribution >= 0.6 is 0 Å². The minimum atomic E-state index is -1.22. The summed E-state index contributed by atoms with van der Waals surface area (Å²) in [6.07, 6.45) is 1.09. The number of anilines is 1. The van der Waals surface area contributed by atoms with E-state index in [1.807, 2.05) is 0 Å². The van der Waals surface area contributed by atoms with Crippen molar-refractivity contribution in [2.24, 2.45) is 12.9 Å². The molecule has 13 nitrogen and oxygen atoms in total. The number of carbonyl (C=O) groups is 3. The predicted octanol–water partition coefficient (Wildman–Crippen LogP) is 3.75. The number of carbonyl (C=O) groups excluding carboxylic acids is 3. The molecule has 0 radical (unpaired) electrons. The number of benzene rings is 1. The number of amides is 2. The summed E-state index contributed by atoms with van der Waals surface area (Å²) in [4.78, 5) is 41.3. The Morgan fingerprint density at radius 3 is 2.35 bits per heavy atom. The van der Waals surface area contributed by atoms with Crippen molar-refractivity contribution in [2.75, 3.05) is 25.1 Å². The zero-order chi connectivity index (χ0) is 32.4. The number of ether oxygens (including phenoxy) is 4. The highest BCUT2D eigenvalue weighted by Gasteiger charge is 2.28. The van der Waals surface area contributed by atoms with Gasteiger partial charge in [-0.2, -0.15) is 0 Å². The van der Waals surface area contributed by atoms with Crippen molar-refractivity contribution in [1.29, 1.82) is 0 Å². The van der Waals surface area contributed by atoms with Gasteiger partial charge in [-0.15, -0.1) is 9.36 Å². The van der Waals surface area contributed by atoms with Gasteiger partial charge in [0.15, 0.2) is 12.4 Å². The second-order valence-electron chi connectivity index (χ2n) is 11.5. The summed E-state index contributed by atoms with van der Waals surface area (Å²) in [6, 6.07) is 4.11. The van der Waals surface area contributed by atoms with Gasteiger partial charge in [0.05, 0.1) is 12.6 Å². The number of esters is 1. The number of halogens is 1. The Bertz CT molecular complexity index is 1280. The van der Waals surface area contributed by atoms with Crippen molar-refractivity contribution in [2.45, 2.75) is 71.8 Å². The van der Waals surface area contributed by atoms with Gasteiger partial charge in [-0.3, -0.25) is 10.2 Å². The molecule has 14 heteroatoms. The number of aryl methyl sites for hydroxylation is 1. The van der Waals surface area contributed by atoms with Crippen LogP contribution in [0.25, 0.3) is 11.1 Å². The molecule has 1 heterocycles. The molecule has 2 rings (SSSR count). The summed E-state index contributed by atoms with van der Waals surface area (Å²) >= 11 is 0. The van der Waals surface area contributed by atoms with E-state index in [1.54, 1.807) is 64.2 Å². The van der Waals surface area contributed by atoms with E-state index >= 15 is 4.39 Å². The Morgan fingerprint density at radius 1 is 1.09 bits per heavy atom. The fraction of sp³-hybridized carbons (Fsp3) is 0.517. The first-order valence-electron chi connectivity index (χ1n) is 13.7. The number of hydrogen-bond donors (Lipinski definition) is 3. The molecule has 0 fully saturated rings. The van der Waals surface area contributed by atoms with Crippen molar-refractivity contribution in [3.63, 3.8) is 0 Å². The third-order valence-corrected chi connectivity index (χ3v) is 5.49. The van der Waals surface area contributed by atoms with E-state index in [-0.39, 0.29) is 30.3 Å². The van der Waals surface area contributed by atoms with E-state index in [0.29, 0.717) is 25.1 Å². The Kier molecular flexibility index (Phi) is 12.5. The molecule has 0 aliphatic heterocycles. The minimum absolute atomic E-state index is 0.0148.